The summed E-state index contributed by atoms with van der Waals surface area (Å²) in [6.07, 6.45) is 3.09. The summed E-state index contributed by atoms with van der Waals surface area (Å²) in [4.78, 5) is 17.6. The van der Waals surface area contributed by atoms with Crippen LogP contribution in [0.25, 0.3) is 0 Å². The monoisotopic (exact) mass is 443 g/mol. The van der Waals surface area contributed by atoms with Crippen molar-refractivity contribution in [2.24, 2.45) is 0 Å². The minimum Gasteiger partial charge on any atom is -0.352 e. The lowest BCUT2D eigenvalue weighted by atomic mass is 10.1. The van der Waals surface area contributed by atoms with Crippen LogP contribution >= 0.6 is 0 Å². The van der Waals surface area contributed by atoms with Crippen LogP contribution in [0.5, 0.6) is 0 Å². The first-order valence-corrected chi connectivity index (χ1v) is 12.8. The van der Waals surface area contributed by atoms with E-state index in [1.165, 1.54) is 11.6 Å². The third kappa shape index (κ3) is 7.16. The molecule has 0 aliphatic carbocycles. The number of hydrogen-bond acceptors (Lipinski definition) is 5. The molecule has 0 aromatic heterocycles. The predicted molar refractivity (Wildman–Crippen MR) is 124 cm³/mol. The summed E-state index contributed by atoms with van der Waals surface area (Å²) >= 11 is 0. The van der Waals surface area contributed by atoms with Crippen molar-refractivity contribution in [3.63, 3.8) is 0 Å². The molecule has 0 radical (unpaired) electrons. The van der Waals surface area contributed by atoms with Crippen LogP contribution in [0.15, 0.2) is 53.4 Å². The zero-order valence-electron chi connectivity index (χ0n) is 18.5. The van der Waals surface area contributed by atoms with Crippen molar-refractivity contribution in [3.8, 4) is 0 Å². The predicted octanol–water partition coefficient (Wildman–Crippen LogP) is 2.73. The first-order chi connectivity index (χ1) is 14.8. The standard InChI is InChI=1S/C24H33N3O3S/c1-20-10-11-22(31(2,29)30)18-23(20)24(28)25-12-6-7-13-26-14-16-27(17-15-26)19-21-8-4-3-5-9-21/h3-5,8-11,18H,6-7,12-17,19H2,1-2H3,(H,25,28). The van der Waals surface area contributed by atoms with Gasteiger partial charge < -0.3 is 10.2 Å². The molecule has 0 spiro atoms. The van der Waals surface area contributed by atoms with Crippen LogP contribution in [0, 0.1) is 6.92 Å². The van der Waals surface area contributed by atoms with Gasteiger partial charge in [0.05, 0.1) is 4.90 Å². The van der Waals surface area contributed by atoms with Gasteiger partial charge in [0, 0.05) is 51.1 Å². The Morgan fingerprint density at radius 2 is 1.65 bits per heavy atom. The molecule has 7 heteroatoms. The molecule has 1 aliphatic rings. The fourth-order valence-electron chi connectivity index (χ4n) is 3.85. The zero-order valence-corrected chi connectivity index (χ0v) is 19.3. The first-order valence-electron chi connectivity index (χ1n) is 10.9. The number of piperazine rings is 1. The molecule has 0 atom stereocenters. The van der Waals surface area contributed by atoms with Gasteiger partial charge in [0.2, 0.25) is 0 Å². The number of benzene rings is 2. The number of carbonyl (C=O) groups is 1. The van der Waals surface area contributed by atoms with E-state index in [1.807, 2.05) is 6.92 Å². The topological polar surface area (TPSA) is 69.7 Å². The van der Waals surface area contributed by atoms with Gasteiger partial charge in [-0.15, -0.1) is 0 Å². The molecule has 0 bridgehead atoms. The van der Waals surface area contributed by atoms with Crippen molar-refractivity contribution in [2.75, 3.05) is 45.5 Å². The second-order valence-electron chi connectivity index (χ2n) is 8.32. The molecule has 2 aromatic carbocycles. The van der Waals surface area contributed by atoms with E-state index in [4.69, 9.17) is 0 Å². The lowest BCUT2D eigenvalue weighted by molar-refractivity contribution is 0.0950. The Morgan fingerprint density at radius 1 is 0.968 bits per heavy atom. The normalized spacial score (nSPS) is 15.7. The van der Waals surface area contributed by atoms with Crippen LogP contribution in [0.3, 0.4) is 0 Å². The zero-order chi connectivity index (χ0) is 22.3. The van der Waals surface area contributed by atoms with Crippen molar-refractivity contribution >= 4 is 15.7 Å². The van der Waals surface area contributed by atoms with Crippen molar-refractivity contribution in [3.05, 3.63) is 65.2 Å². The molecular weight excluding hydrogens is 410 g/mol. The molecule has 0 unspecified atom stereocenters. The Kier molecular flexibility index (Phi) is 8.23. The lowest BCUT2D eigenvalue weighted by Gasteiger charge is -2.34. The molecule has 0 saturated carbocycles. The summed E-state index contributed by atoms with van der Waals surface area (Å²) in [5, 5.41) is 2.93. The number of unbranched alkanes of at least 4 members (excludes halogenated alkanes) is 1. The van der Waals surface area contributed by atoms with Crippen molar-refractivity contribution in [1.82, 2.24) is 15.1 Å². The summed E-state index contributed by atoms with van der Waals surface area (Å²) < 4.78 is 23.5. The van der Waals surface area contributed by atoms with Crippen LogP contribution in [0.2, 0.25) is 0 Å². The highest BCUT2D eigenvalue weighted by atomic mass is 32.2. The Labute approximate surface area is 186 Å². The fraction of sp³-hybridized carbons (Fsp3) is 0.458. The molecular formula is C24H33N3O3S. The maximum absolute atomic E-state index is 12.5. The van der Waals surface area contributed by atoms with Crippen LogP contribution in [-0.4, -0.2) is 69.6 Å². The molecule has 168 valence electrons. The number of aryl methyl sites for hydroxylation is 1. The van der Waals surface area contributed by atoms with Gasteiger partial charge in [-0.05, 0) is 49.6 Å². The van der Waals surface area contributed by atoms with Gasteiger partial charge in [-0.25, -0.2) is 8.42 Å². The number of carbonyl (C=O) groups excluding carboxylic acids is 1. The van der Waals surface area contributed by atoms with E-state index in [-0.39, 0.29) is 10.8 Å². The number of amides is 1. The van der Waals surface area contributed by atoms with Gasteiger partial charge in [0.15, 0.2) is 9.84 Å². The molecule has 31 heavy (non-hydrogen) atoms. The highest BCUT2D eigenvalue weighted by molar-refractivity contribution is 7.90. The summed E-state index contributed by atoms with van der Waals surface area (Å²) in [6.45, 7) is 8.79. The summed E-state index contributed by atoms with van der Waals surface area (Å²) in [5.41, 5.74) is 2.57. The summed E-state index contributed by atoms with van der Waals surface area (Å²) in [6, 6.07) is 15.3. The number of nitrogens with zero attached hydrogens (tertiary/aromatic N) is 2. The average Bonchev–Trinajstić information content (AvgIpc) is 2.75. The highest BCUT2D eigenvalue weighted by Gasteiger charge is 2.17. The maximum Gasteiger partial charge on any atom is 0.251 e. The summed E-state index contributed by atoms with van der Waals surface area (Å²) in [5.74, 6) is -0.211. The van der Waals surface area contributed by atoms with E-state index in [1.54, 1.807) is 12.1 Å². The van der Waals surface area contributed by atoms with Crippen LogP contribution in [0.1, 0.15) is 34.3 Å². The Hall–Kier alpha value is -2.22. The highest BCUT2D eigenvalue weighted by Crippen LogP contribution is 2.15. The Morgan fingerprint density at radius 3 is 2.32 bits per heavy atom. The maximum atomic E-state index is 12.5. The van der Waals surface area contributed by atoms with Crippen molar-refractivity contribution < 1.29 is 13.2 Å². The van der Waals surface area contributed by atoms with Crippen molar-refractivity contribution in [2.45, 2.75) is 31.2 Å². The molecule has 2 aromatic rings. The third-order valence-electron chi connectivity index (χ3n) is 5.78. The molecule has 1 N–H and O–H groups in total. The molecule has 1 saturated heterocycles. The molecule has 1 amide bonds. The Bertz CT molecular complexity index is 969. The van der Waals surface area contributed by atoms with Gasteiger partial charge in [-0.2, -0.15) is 0 Å². The second-order valence-corrected chi connectivity index (χ2v) is 10.3. The molecule has 1 heterocycles. The molecule has 1 aliphatic heterocycles. The van der Waals surface area contributed by atoms with Gasteiger partial charge >= 0.3 is 0 Å². The quantitative estimate of drug-likeness (QED) is 0.604. The summed E-state index contributed by atoms with van der Waals surface area (Å²) in [7, 11) is -3.33. The number of nitrogens with one attached hydrogen (secondary N) is 1. The van der Waals surface area contributed by atoms with Gasteiger partial charge in [-0.1, -0.05) is 36.4 Å². The van der Waals surface area contributed by atoms with E-state index >= 15 is 0 Å². The van der Waals surface area contributed by atoms with Crippen LogP contribution in [-0.2, 0) is 16.4 Å². The van der Waals surface area contributed by atoms with Crippen LogP contribution < -0.4 is 5.32 Å². The largest absolute Gasteiger partial charge is 0.352 e. The van der Waals surface area contributed by atoms with E-state index < -0.39 is 9.84 Å². The minimum atomic E-state index is -3.33. The molecule has 3 rings (SSSR count). The average molecular weight is 444 g/mol. The number of hydrogen-bond donors (Lipinski definition) is 1. The van der Waals surface area contributed by atoms with E-state index in [2.05, 4.69) is 45.4 Å². The van der Waals surface area contributed by atoms with Gasteiger partial charge in [0.1, 0.15) is 0 Å². The fourth-order valence-corrected chi connectivity index (χ4v) is 4.49. The molecule has 1 fully saturated rings. The minimum absolute atomic E-state index is 0.176. The van der Waals surface area contributed by atoms with Crippen LogP contribution in [0.4, 0.5) is 0 Å². The SMILES string of the molecule is Cc1ccc(S(C)(=O)=O)cc1C(=O)NCCCCN1CCN(Cc2ccccc2)CC1. The Balaban J connectivity index is 1.34. The lowest BCUT2D eigenvalue weighted by Crippen LogP contribution is -2.46. The van der Waals surface area contributed by atoms with E-state index in [0.29, 0.717) is 12.1 Å². The molecule has 6 nitrogen and oxygen atoms in total. The van der Waals surface area contributed by atoms with Gasteiger partial charge in [-0.3, -0.25) is 9.69 Å². The third-order valence-corrected chi connectivity index (χ3v) is 6.89. The van der Waals surface area contributed by atoms with E-state index in [9.17, 15) is 13.2 Å². The number of sulfone groups is 1. The smallest absolute Gasteiger partial charge is 0.251 e. The van der Waals surface area contributed by atoms with E-state index in [0.717, 1.165) is 63.9 Å². The number of rotatable bonds is 9. The first kappa shape index (κ1) is 23.4. The second kappa shape index (κ2) is 10.9. The van der Waals surface area contributed by atoms with Gasteiger partial charge in [0.25, 0.3) is 5.91 Å². The van der Waals surface area contributed by atoms with Crippen molar-refractivity contribution in [1.29, 1.82) is 0 Å².